The second-order valence-corrected chi connectivity index (χ2v) is 4.81. The number of hydrogen-bond acceptors (Lipinski definition) is 2. The van der Waals surface area contributed by atoms with Crippen molar-refractivity contribution in [2.24, 2.45) is 5.73 Å². The molecule has 2 rings (SSSR count). The van der Waals surface area contributed by atoms with Crippen molar-refractivity contribution in [3.8, 4) is 0 Å². The summed E-state index contributed by atoms with van der Waals surface area (Å²) in [5.74, 6) is 0. The van der Waals surface area contributed by atoms with Crippen molar-refractivity contribution in [3.05, 3.63) is 65.7 Å². The minimum absolute atomic E-state index is 0.458. The topological polar surface area (TPSA) is 29.3 Å². The molecule has 0 saturated carbocycles. The summed E-state index contributed by atoms with van der Waals surface area (Å²) in [5.41, 5.74) is 9.13. The highest BCUT2D eigenvalue weighted by Crippen LogP contribution is 2.18. The van der Waals surface area contributed by atoms with Gasteiger partial charge in [-0.05, 0) is 24.6 Å². The van der Waals surface area contributed by atoms with E-state index in [-0.39, 0.29) is 0 Å². The summed E-state index contributed by atoms with van der Waals surface area (Å²) < 4.78 is 0. The number of benzene rings is 2. The Bertz CT molecular complexity index is 552. The van der Waals surface area contributed by atoms with E-state index in [4.69, 9.17) is 18.0 Å². The van der Waals surface area contributed by atoms with Crippen molar-refractivity contribution in [2.75, 3.05) is 11.4 Å². The minimum Gasteiger partial charge on any atom is -0.389 e. The summed E-state index contributed by atoms with van der Waals surface area (Å²) in [5, 5.41) is 0. The molecular formula is C16H18N2S. The average molecular weight is 270 g/mol. The normalized spacial score (nSPS) is 10.2. The van der Waals surface area contributed by atoms with Crippen LogP contribution in [0.4, 0.5) is 5.69 Å². The van der Waals surface area contributed by atoms with Crippen LogP contribution in [0.25, 0.3) is 0 Å². The van der Waals surface area contributed by atoms with E-state index >= 15 is 0 Å². The first-order valence-corrected chi connectivity index (χ1v) is 6.81. The molecule has 0 aromatic heterocycles. The molecule has 0 bridgehead atoms. The van der Waals surface area contributed by atoms with E-state index < -0.39 is 0 Å². The maximum absolute atomic E-state index is 5.78. The first-order chi connectivity index (χ1) is 9.22. The number of hydrogen-bond donors (Lipinski definition) is 1. The maximum Gasteiger partial charge on any atom is 0.104 e. The SMILES string of the molecule is CCN(Cc1ccccc1C(N)=S)c1ccccc1. The van der Waals surface area contributed by atoms with Gasteiger partial charge in [0.15, 0.2) is 0 Å². The van der Waals surface area contributed by atoms with E-state index in [9.17, 15) is 0 Å². The highest BCUT2D eigenvalue weighted by Gasteiger charge is 2.09. The molecule has 2 N–H and O–H groups in total. The summed E-state index contributed by atoms with van der Waals surface area (Å²) in [7, 11) is 0. The van der Waals surface area contributed by atoms with Crippen LogP contribution in [0, 0.1) is 0 Å². The summed E-state index contributed by atoms with van der Waals surface area (Å²) in [4.78, 5) is 2.76. The Hall–Kier alpha value is -1.87. The van der Waals surface area contributed by atoms with Crippen LogP contribution in [0.2, 0.25) is 0 Å². The van der Waals surface area contributed by atoms with Crippen molar-refractivity contribution in [3.63, 3.8) is 0 Å². The van der Waals surface area contributed by atoms with Gasteiger partial charge in [0, 0.05) is 24.3 Å². The highest BCUT2D eigenvalue weighted by atomic mass is 32.1. The van der Waals surface area contributed by atoms with Gasteiger partial charge in [0.25, 0.3) is 0 Å². The molecule has 2 aromatic carbocycles. The fourth-order valence-electron chi connectivity index (χ4n) is 2.13. The number of para-hydroxylation sites is 1. The Kier molecular flexibility index (Phi) is 4.53. The van der Waals surface area contributed by atoms with Crippen LogP contribution in [-0.2, 0) is 6.54 Å². The van der Waals surface area contributed by atoms with Crippen molar-refractivity contribution in [1.82, 2.24) is 0 Å². The van der Waals surface area contributed by atoms with Gasteiger partial charge in [0.1, 0.15) is 4.99 Å². The van der Waals surface area contributed by atoms with Gasteiger partial charge in [-0.2, -0.15) is 0 Å². The molecule has 0 radical (unpaired) electrons. The average Bonchev–Trinajstić information content (AvgIpc) is 2.46. The van der Waals surface area contributed by atoms with E-state index in [1.807, 2.05) is 24.3 Å². The fourth-order valence-corrected chi connectivity index (χ4v) is 2.33. The zero-order chi connectivity index (χ0) is 13.7. The molecule has 0 spiro atoms. The predicted octanol–water partition coefficient (Wildman–Crippen LogP) is 3.35. The Balaban J connectivity index is 2.27. The van der Waals surface area contributed by atoms with Crippen LogP contribution in [0.1, 0.15) is 18.1 Å². The van der Waals surface area contributed by atoms with Crippen LogP contribution in [0.3, 0.4) is 0 Å². The number of rotatable bonds is 5. The van der Waals surface area contributed by atoms with Crippen molar-refractivity contribution in [2.45, 2.75) is 13.5 Å². The molecule has 0 amide bonds. The second-order valence-electron chi connectivity index (χ2n) is 4.37. The van der Waals surface area contributed by atoms with Crippen LogP contribution in [0.5, 0.6) is 0 Å². The smallest absolute Gasteiger partial charge is 0.104 e. The Morgan fingerprint density at radius 3 is 2.32 bits per heavy atom. The first kappa shape index (κ1) is 13.6. The number of nitrogens with two attached hydrogens (primary N) is 1. The number of anilines is 1. The van der Waals surface area contributed by atoms with Crippen LogP contribution < -0.4 is 10.6 Å². The van der Waals surface area contributed by atoms with Gasteiger partial charge in [-0.3, -0.25) is 0 Å². The molecule has 0 aliphatic carbocycles. The van der Waals surface area contributed by atoms with Crippen LogP contribution in [-0.4, -0.2) is 11.5 Å². The molecule has 0 unspecified atom stereocenters. The molecular weight excluding hydrogens is 252 g/mol. The van der Waals surface area contributed by atoms with Gasteiger partial charge in [0.05, 0.1) is 0 Å². The molecule has 0 aliphatic rings. The lowest BCUT2D eigenvalue weighted by Crippen LogP contribution is -2.24. The monoisotopic (exact) mass is 270 g/mol. The van der Waals surface area contributed by atoms with Crippen molar-refractivity contribution in [1.29, 1.82) is 0 Å². The molecule has 2 nitrogen and oxygen atoms in total. The molecule has 0 aliphatic heterocycles. The van der Waals surface area contributed by atoms with E-state index in [1.165, 1.54) is 11.3 Å². The zero-order valence-corrected chi connectivity index (χ0v) is 11.9. The maximum atomic E-state index is 5.78. The van der Waals surface area contributed by atoms with Crippen molar-refractivity contribution >= 4 is 22.9 Å². The lowest BCUT2D eigenvalue weighted by Gasteiger charge is -2.24. The Labute approximate surface area is 119 Å². The molecule has 0 atom stereocenters. The third-order valence-corrected chi connectivity index (χ3v) is 3.37. The van der Waals surface area contributed by atoms with Crippen LogP contribution >= 0.6 is 12.2 Å². The van der Waals surface area contributed by atoms with Gasteiger partial charge < -0.3 is 10.6 Å². The molecule has 3 heteroatoms. The van der Waals surface area contributed by atoms with E-state index in [2.05, 4.69) is 42.2 Å². The number of nitrogens with zero attached hydrogens (tertiary/aromatic N) is 1. The summed E-state index contributed by atoms with van der Waals surface area (Å²) in [6, 6.07) is 18.4. The van der Waals surface area contributed by atoms with Gasteiger partial charge in [-0.15, -0.1) is 0 Å². The van der Waals surface area contributed by atoms with Crippen molar-refractivity contribution < 1.29 is 0 Å². The Morgan fingerprint density at radius 2 is 1.68 bits per heavy atom. The summed E-state index contributed by atoms with van der Waals surface area (Å²) in [6.07, 6.45) is 0. The standard InChI is InChI=1S/C16H18N2S/c1-2-18(14-9-4-3-5-10-14)12-13-8-6-7-11-15(13)16(17)19/h3-11H,2,12H2,1H3,(H2,17,19). The van der Waals surface area contributed by atoms with Gasteiger partial charge >= 0.3 is 0 Å². The predicted molar refractivity (Wildman–Crippen MR) is 85.5 cm³/mol. The largest absolute Gasteiger partial charge is 0.389 e. The van der Waals surface area contributed by atoms with Crippen LogP contribution in [0.15, 0.2) is 54.6 Å². The Morgan fingerprint density at radius 1 is 1.05 bits per heavy atom. The summed E-state index contributed by atoms with van der Waals surface area (Å²) >= 11 is 5.11. The lowest BCUT2D eigenvalue weighted by molar-refractivity contribution is 0.831. The first-order valence-electron chi connectivity index (χ1n) is 6.40. The molecule has 98 valence electrons. The van der Waals surface area contributed by atoms with E-state index in [0.29, 0.717) is 4.99 Å². The quantitative estimate of drug-likeness (QED) is 0.845. The van der Waals surface area contributed by atoms with Gasteiger partial charge in [0.2, 0.25) is 0 Å². The second kappa shape index (κ2) is 6.34. The molecule has 0 fully saturated rings. The highest BCUT2D eigenvalue weighted by molar-refractivity contribution is 7.80. The molecule has 19 heavy (non-hydrogen) atoms. The zero-order valence-electron chi connectivity index (χ0n) is 11.0. The lowest BCUT2D eigenvalue weighted by atomic mass is 10.1. The molecule has 2 aromatic rings. The van der Waals surface area contributed by atoms with Gasteiger partial charge in [-0.25, -0.2) is 0 Å². The minimum atomic E-state index is 0.458. The number of thiocarbonyl (C=S) groups is 1. The van der Waals surface area contributed by atoms with E-state index in [1.54, 1.807) is 0 Å². The molecule has 0 saturated heterocycles. The third kappa shape index (κ3) is 3.32. The van der Waals surface area contributed by atoms with Gasteiger partial charge in [-0.1, -0.05) is 54.7 Å². The van der Waals surface area contributed by atoms with E-state index in [0.717, 1.165) is 18.7 Å². The fraction of sp³-hybridized carbons (Fsp3) is 0.188. The third-order valence-electron chi connectivity index (χ3n) is 3.15. The molecule has 0 heterocycles. The summed E-state index contributed by atoms with van der Waals surface area (Å²) in [6.45, 7) is 3.90.